The quantitative estimate of drug-likeness (QED) is 0.733. The zero-order valence-corrected chi connectivity index (χ0v) is 14.0. The maximum Gasteiger partial charge on any atom is 0.233 e. The molecule has 0 N–H and O–H groups in total. The molecule has 2 heterocycles. The molecule has 0 aliphatic heterocycles. The van der Waals surface area contributed by atoms with Crippen LogP contribution in [0.4, 0.5) is 0 Å². The van der Waals surface area contributed by atoms with E-state index in [0.29, 0.717) is 5.75 Å². The van der Waals surface area contributed by atoms with E-state index in [-0.39, 0.29) is 5.91 Å². The minimum atomic E-state index is 0.131. The average Bonchev–Trinajstić information content (AvgIpc) is 2.97. The van der Waals surface area contributed by atoms with Crippen molar-refractivity contribution in [2.75, 3.05) is 18.8 Å². The molecule has 0 aromatic carbocycles. The minimum Gasteiger partial charge on any atom is -0.343 e. The third-order valence-electron chi connectivity index (χ3n) is 3.41. The molecule has 0 atom stereocenters. The van der Waals surface area contributed by atoms with Crippen molar-refractivity contribution in [3.8, 4) is 11.4 Å². The van der Waals surface area contributed by atoms with Crippen molar-refractivity contribution in [2.24, 2.45) is 0 Å². The first-order valence-electron chi connectivity index (χ1n) is 7.45. The Morgan fingerprint density at radius 1 is 1.18 bits per heavy atom. The number of rotatable bonds is 7. The fraction of sp³-hybridized carbons (Fsp3) is 0.467. The number of thioether (sulfide) groups is 1. The summed E-state index contributed by atoms with van der Waals surface area (Å²) in [5, 5.41) is 9.26. The van der Waals surface area contributed by atoms with Gasteiger partial charge in [-0.05, 0) is 32.9 Å². The predicted molar refractivity (Wildman–Crippen MR) is 87.6 cm³/mol. The first-order valence-corrected chi connectivity index (χ1v) is 8.43. The van der Waals surface area contributed by atoms with Gasteiger partial charge in [0.1, 0.15) is 0 Å². The zero-order valence-electron chi connectivity index (χ0n) is 13.2. The fourth-order valence-electron chi connectivity index (χ4n) is 2.19. The predicted octanol–water partition coefficient (Wildman–Crippen LogP) is 2.32. The summed E-state index contributed by atoms with van der Waals surface area (Å²) in [5.74, 6) is 1.32. The van der Waals surface area contributed by atoms with E-state index in [1.165, 1.54) is 11.8 Å². The summed E-state index contributed by atoms with van der Waals surface area (Å²) in [4.78, 5) is 17.9. The number of carbonyl (C=O) groups is 1. The Bertz CT molecular complexity index is 610. The van der Waals surface area contributed by atoms with E-state index in [1.807, 2.05) is 42.4 Å². The van der Waals surface area contributed by atoms with Gasteiger partial charge >= 0.3 is 0 Å². The summed E-state index contributed by atoms with van der Waals surface area (Å²) in [6.45, 7) is 8.25. The van der Waals surface area contributed by atoms with Gasteiger partial charge in [-0.25, -0.2) is 0 Å². The molecule has 0 spiro atoms. The lowest BCUT2D eigenvalue weighted by Gasteiger charge is -2.18. The molecule has 0 saturated carbocycles. The van der Waals surface area contributed by atoms with Gasteiger partial charge in [-0.2, -0.15) is 0 Å². The fourth-order valence-corrected chi connectivity index (χ4v) is 3.09. The number of amides is 1. The van der Waals surface area contributed by atoms with Gasteiger partial charge in [0.25, 0.3) is 0 Å². The molecule has 2 aromatic heterocycles. The normalized spacial score (nSPS) is 10.7. The Balaban J connectivity index is 2.13. The highest BCUT2D eigenvalue weighted by molar-refractivity contribution is 7.99. The summed E-state index contributed by atoms with van der Waals surface area (Å²) in [6.07, 6.45) is 3.47. The first kappa shape index (κ1) is 16.5. The molecule has 0 aliphatic carbocycles. The highest BCUT2D eigenvalue weighted by Crippen LogP contribution is 2.23. The van der Waals surface area contributed by atoms with E-state index >= 15 is 0 Å². The molecule has 118 valence electrons. The SMILES string of the molecule is CCN(CC)C(=O)CSc1nnc(-c2ccncc2)n1CC. The van der Waals surface area contributed by atoms with Gasteiger partial charge < -0.3 is 9.47 Å². The highest BCUT2D eigenvalue weighted by Gasteiger charge is 2.16. The molecule has 0 radical (unpaired) electrons. The molecular weight excluding hydrogens is 298 g/mol. The van der Waals surface area contributed by atoms with E-state index in [9.17, 15) is 4.79 Å². The highest BCUT2D eigenvalue weighted by atomic mass is 32.2. The van der Waals surface area contributed by atoms with Crippen LogP contribution in [0.1, 0.15) is 20.8 Å². The molecular formula is C15H21N5OS. The molecule has 22 heavy (non-hydrogen) atoms. The molecule has 0 bridgehead atoms. The van der Waals surface area contributed by atoms with Crippen molar-refractivity contribution in [3.63, 3.8) is 0 Å². The van der Waals surface area contributed by atoms with Crippen LogP contribution in [0.5, 0.6) is 0 Å². The number of hydrogen-bond acceptors (Lipinski definition) is 5. The van der Waals surface area contributed by atoms with Crippen LogP contribution in [0.3, 0.4) is 0 Å². The lowest BCUT2D eigenvalue weighted by Crippen LogP contribution is -2.31. The van der Waals surface area contributed by atoms with Crippen molar-refractivity contribution in [1.82, 2.24) is 24.6 Å². The van der Waals surface area contributed by atoms with E-state index < -0.39 is 0 Å². The smallest absolute Gasteiger partial charge is 0.233 e. The topological polar surface area (TPSA) is 63.9 Å². The van der Waals surface area contributed by atoms with Crippen LogP contribution in [0.15, 0.2) is 29.7 Å². The summed E-state index contributed by atoms with van der Waals surface area (Å²) in [7, 11) is 0. The van der Waals surface area contributed by atoms with Gasteiger partial charge in [0.05, 0.1) is 5.75 Å². The summed E-state index contributed by atoms with van der Waals surface area (Å²) in [5.41, 5.74) is 0.978. The number of carbonyl (C=O) groups excluding carboxylic acids is 1. The second-order valence-electron chi connectivity index (χ2n) is 4.64. The second-order valence-corrected chi connectivity index (χ2v) is 5.58. The van der Waals surface area contributed by atoms with Gasteiger partial charge in [0.2, 0.25) is 5.91 Å². The standard InChI is InChI=1S/C15H21N5OS/c1-4-19(5-2)13(21)11-22-15-18-17-14(20(15)6-3)12-7-9-16-10-8-12/h7-10H,4-6,11H2,1-3H3. The number of nitrogens with zero attached hydrogens (tertiary/aromatic N) is 5. The summed E-state index contributed by atoms with van der Waals surface area (Å²) < 4.78 is 2.02. The van der Waals surface area contributed by atoms with Crippen LogP contribution in [-0.4, -0.2) is 49.4 Å². The van der Waals surface area contributed by atoms with Crippen LogP contribution in [-0.2, 0) is 11.3 Å². The molecule has 0 fully saturated rings. The maximum atomic E-state index is 12.1. The summed E-state index contributed by atoms with van der Waals surface area (Å²) in [6, 6.07) is 3.82. The molecule has 0 aliphatic rings. The zero-order chi connectivity index (χ0) is 15.9. The third-order valence-corrected chi connectivity index (χ3v) is 4.36. The van der Waals surface area contributed by atoms with E-state index in [4.69, 9.17) is 0 Å². The molecule has 1 amide bonds. The molecule has 6 nitrogen and oxygen atoms in total. The van der Waals surface area contributed by atoms with Crippen molar-refractivity contribution >= 4 is 17.7 Å². The molecule has 0 saturated heterocycles. The van der Waals surface area contributed by atoms with Crippen LogP contribution in [0.25, 0.3) is 11.4 Å². The number of hydrogen-bond donors (Lipinski definition) is 0. The first-order chi connectivity index (χ1) is 10.7. The van der Waals surface area contributed by atoms with Gasteiger partial charge in [-0.15, -0.1) is 10.2 Å². The number of pyridine rings is 1. The Morgan fingerprint density at radius 3 is 2.45 bits per heavy atom. The van der Waals surface area contributed by atoms with Crippen LogP contribution >= 0.6 is 11.8 Å². The molecule has 2 aromatic rings. The van der Waals surface area contributed by atoms with E-state index in [2.05, 4.69) is 15.2 Å². The monoisotopic (exact) mass is 319 g/mol. The Kier molecular flexibility index (Phi) is 5.94. The molecule has 7 heteroatoms. The van der Waals surface area contributed by atoms with Crippen LogP contribution in [0, 0.1) is 0 Å². The Morgan fingerprint density at radius 2 is 1.86 bits per heavy atom. The second kappa shape index (κ2) is 7.93. The average molecular weight is 319 g/mol. The van der Waals surface area contributed by atoms with Gasteiger partial charge in [0, 0.05) is 37.6 Å². The van der Waals surface area contributed by atoms with Crippen molar-refractivity contribution in [2.45, 2.75) is 32.5 Å². The van der Waals surface area contributed by atoms with Crippen molar-refractivity contribution < 1.29 is 4.79 Å². The van der Waals surface area contributed by atoms with Crippen LogP contribution < -0.4 is 0 Å². The lowest BCUT2D eigenvalue weighted by atomic mass is 10.2. The van der Waals surface area contributed by atoms with Crippen molar-refractivity contribution in [3.05, 3.63) is 24.5 Å². The van der Waals surface area contributed by atoms with E-state index in [0.717, 1.165) is 36.2 Å². The van der Waals surface area contributed by atoms with Gasteiger partial charge in [-0.3, -0.25) is 9.78 Å². The molecule has 0 unspecified atom stereocenters. The Labute approximate surface area is 134 Å². The minimum absolute atomic E-state index is 0.131. The Hall–Kier alpha value is -1.89. The lowest BCUT2D eigenvalue weighted by molar-refractivity contribution is -0.127. The maximum absolute atomic E-state index is 12.1. The van der Waals surface area contributed by atoms with Crippen molar-refractivity contribution in [1.29, 1.82) is 0 Å². The number of aromatic nitrogens is 4. The molecule has 2 rings (SSSR count). The van der Waals surface area contributed by atoms with Gasteiger partial charge in [-0.1, -0.05) is 11.8 Å². The largest absolute Gasteiger partial charge is 0.343 e. The van der Waals surface area contributed by atoms with Crippen LogP contribution in [0.2, 0.25) is 0 Å². The van der Waals surface area contributed by atoms with Gasteiger partial charge in [0.15, 0.2) is 11.0 Å². The van der Waals surface area contributed by atoms with E-state index in [1.54, 1.807) is 12.4 Å². The third kappa shape index (κ3) is 3.65. The summed E-state index contributed by atoms with van der Waals surface area (Å²) >= 11 is 1.44.